The predicted molar refractivity (Wildman–Crippen MR) is 291 cm³/mol. The van der Waals surface area contributed by atoms with Gasteiger partial charge in [0, 0.05) is 84.6 Å². The summed E-state index contributed by atoms with van der Waals surface area (Å²) in [6.45, 7) is 19.1. The number of allylic oxidation sites excluding steroid dienone is 2. The maximum atomic E-state index is 13.4. The molecule has 0 aromatic carbocycles. The average molecular weight is 1150 g/mol. The molecule has 5 aliphatic heterocycles. The van der Waals surface area contributed by atoms with E-state index in [1.54, 1.807) is 62.4 Å². The Hall–Kier alpha value is -2.06. The highest BCUT2D eigenvalue weighted by atomic mass is 16.8. The molecule has 3 saturated carbocycles. The van der Waals surface area contributed by atoms with E-state index in [2.05, 4.69) is 13.0 Å². The van der Waals surface area contributed by atoms with Gasteiger partial charge in [-0.15, -0.1) is 0 Å². The molecular weight excluding hydrogens is 1050 g/mol. The zero-order valence-corrected chi connectivity index (χ0v) is 50.8. The number of aliphatic hydroxyl groups is 2. The van der Waals surface area contributed by atoms with Crippen LogP contribution in [0.4, 0.5) is 0 Å². The van der Waals surface area contributed by atoms with Gasteiger partial charge in [-0.25, -0.2) is 4.79 Å². The molecule has 9 rings (SSSR count). The van der Waals surface area contributed by atoms with Gasteiger partial charge >= 0.3 is 5.97 Å². The minimum atomic E-state index is -1.16. The van der Waals surface area contributed by atoms with Gasteiger partial charge in [0.25, 0.3) is 0 Å². The Morgan fingerprint density at radius 2 is 1.00 bits per heavy atom. The molecule has 28 atom stereocenters. The van der Waals surface area contributed by atoms with Gasteiger partial charge in [0.15, 0.2) is 31.5 Å². The van der Waals surface area contributed by atoms with Crippen molar-refractivity contribution in [3.05, 3.63) is 23.3 Å². The van der Waals surface area contributed by atoms with Crippen LogP contribution in [0.5, 0.6) is 0 Å². The molecule has 13 unspecified atom stereocenters. The summed E-state index contributed by atoms with van der Waals surface area (Å²) < 4.78 is 101. The van der Waals surface area contributed by atoms with E-state index in [1.165, 1.54) is 5.57 Å². The lowest BCUT2D eigenvalue weighted by Gasteiger charge is -2.63. The SMILES string of the molecule is CC=C(C)C(=O)OC1CC2C(CC=C3CC(O[C@H]4C[C@@H](OC)[C@H](O[C@H]5C[C@@H](OC)[C@H](O[C@H]6C[C@@H](OC)[C@H](O[C@H]7C[C@@H](OC)[C@H](O[C@H]8C[C@@H](OC)[C@H](O)C(C)O8)C(C)O7)C(C)O6)C(C)O5)C(C)O4)CCC32C)C2(O)CCC(C(C)=O)C12C. The lowest BCUT2D eigenvalue weighted by molar-refractivity contribution is -0.352. The Labute approximate surface area is 480 Å². The van der Waals surface area contributed by atoms with Crippen molar-refractivity contribution in [3.63, 3.8) is 0 Å². The normalized spacial score (nSPS) is 49.5. The van der Waals surface area contributed by atoms with Crippen LogP contribution in [-0.2, 0) is 85.4 Å². The molecule has 0 radical (unpaired) electrons. The molecule has 5 saturated heterocycles. The highest BCUT2D eigenvalue weighted by Gasteiger charge is 2.71. The molecule has 0 aromatic rings. The number of methoxy groups -OCH3 is 5. The number of rotatable bonds is 18. The molecule has 462 valence electrons. The first-order valence-electron chi connectivity index (χ1n) is 30.2. The average Bonchev–Trinajstić information content (AvgIpc) is 2.06. The van der Waals surface area contributed by atoms with E-state index in [0.29, 0.717) is 63.4 Å². The van der Waals surface area contributed by atoms with Crippen molar-refractivity contribution in [1.82, 2.24) is 0 Å². The van der Waals surface area contributed by atoms with E-state index >= 15 is 0 Å². The topological polar surface area (TPSA) is 222 Å². The number of hydrogen-bond donors (Lipinski definition) is 2. The Kier molecular flexibility index (Phi) is 20.4. The molecule has 0 bridgehead atoms. The van der Waals surface area contributed by atoms with Crippen LogP contribution in [-0.4, -0.2) is 198 Å². The first-order chi connectivity index (χ1) is 38.5. The smallest absolute Gasteiger partial charge is 0.333 e. The largest absolute Gasteiger partial charge is 0.458 e. The fourth-order valence-corrected chi connectivity index (χ4v) is 16.1. The summed E-state index contributed by atoms with van der Waals surface area (Å²) in [6, 6.07) is 0. The van der Waals surface area contributed by atoms with Crippen molar-refractivity contribution in [1.29, 1.82) is 0 Å². The van der Waals surface area contributed by atoms with Crippen LogP contribution in [0.15, 0.2) is 23.3 Å². The number of Topliss-reactive ketones (excluding diaryl/α,β-unsaturated/α-hetero) is 1. The van der Waals surface area contributed by atoms with Gasteiger partial charge < -0.3 is 86.0 Å². The Morgan fingerprint density at radius 3 is 1.42 bits per heavy atom. The monoisotopic (exact) mass is 1150 g/mol. The standard InChI is InChI=1S/C61H98O20/c1-16-30(2)58(64)77-47-24-41-40(61(65)22-20-39(31(3)62)60(47,61)10)18-17-37-23-38(19-21-59(37,41)9)76-48-26-43(67-12)54(33(5)72-48)79-50-28-45(69-14)56(35(7)74-50)81-52-29-46(70-15)57(36(8)75-52)80-51-27-44(68-13)55(34(6)73-51)78-49-25-42(66-11)53(63)32(4)71-49/h16-17,32-36,38-57,63,65H,18-29H2,1-15H3/t32?,33?,34?,35?,36?,38?,39?,40?,41?,42-,43-,44-,45-,46-,47?,48+,49+,50+,51+,52+,53-,54-,55-,56-,57-,59?,60?,61?/m1/s1. The Morgan fingerprint density at radius 1 is 0.580 bits per heavy atom. The van der Waals surface area contributed by atoms with E-state index in [9.17, 15) is 19.8 Å². The van der Waals surface area contributed by atoms with Gasteiger partial charge in [0.05, 0.1) is 72.7 Å². The van der Waals surface area contributed by atoms with E-state index in [-0.39, 0.29) is 53.4 Å². The second-order valence-corrected chi connectivity index (χ2v) is 25.4. The zero-order chi connectivity index (χ0) is 58.5. The first kappa shape index (κ1) is 63.4. The molecule has 9 aliphatic rings. The fourth-order valence-electron chi connectivity index (χ4n) is 16.1. The summed E-state index contributed by atoms with van der Waals surface area (Å²) in [5, 5.41) is 23.4. The van der Waals surface area contributed by atoms with Crippen molar-refractivity contribution in [2.75, 3.05) is 35.5 Å². The van der Waals surface area contributed by atoms with Crippen molar-refractivity contribution in [2.45, 2.75) is 287 Å². The third kappa shape index (κ3) is 12.5. The van der Waals surface area contributed by atoms with Crippen LogP contribution in [0.3, 0.4) is 0 Å². The molecule has 0 spiro atoms. The third-order valence-corrected chi connectivity index (χ3v) is 21.0. The third-order valence-electron chi connectivity index (χ3n) is 21.0. The van der Waals surface area contributed by atoms with E-state index in [1.807, 2.05) is 41.5 Å². The van der Waals surface area contributed by atoms with Crippen molar-refractivity contribution < 1.29 is 95.6 Å². The van der Waals surface area contributed by atoms with Gasteiger partial charge in [-0.05, 0) is 118 Å². The number of aliphatic hydroxyl groups excluding tert-OH is 1. The van der Waals surface area contributed by atoms with Crippen LogP contribution in [0.2, 0.25) is 0 Å². The summed E-state index contributed by atoms with van der Waals surface area (Å²) in [4.78, 5) is 26.6. The summed E-state index contributed by atoms with van der Waals surface area (Å²) in [7, 11) is 8.22. The number of carbonyl (C=O) groups excluding carboxylic acids is 2. The summed E-state index contributed by atoms with van der Waals surface area (Å²) in [5.41, 5.74) is -0.462. The minimum Gasteiger partial charge on any atom is -0.458 e. The van der Waals surface area contributed by atoms with Crippen LogP contribution < -0.4 is 0 Å². The van der Waals surface area contributed by atoms with Crippen molar-refractivity contribution in [2.24, 2.45) is 28.6 Å². The van der Waals surface area contributed by atoms with Gasteiger partial charge in [0.2, 0.25) is 0 Å². The molecule has 0 aromatic heterocycles. The summed E-state index contributed by atoms with van der Waals surface area (Å²) in [5.74, 6) is -0.746. The number of esters is 1. The zero-order valence-electron chi connectivity index (χ0n) is 50.8. The highest BCUT2D eigenvalue weighted by Crippen LogP contribution is 2.69. The lowest BCUT2D eigenvalue weighted by atomic mass is 9.45. The number of hydrogen-bond acceptors (Lipinski definition) is 20. The summed E-state index contributed by atoms with van der Waals surface area (Å²) >= 11 is 0. The maximum Gasteiger partial charge on any atom is 0.333 e. The van der Waals surface area contributed by atoms with E-state index < -0.39 is 128 Å². The number of fused-ring (bicyclic) bond motifs is 5. The predicted octanol–water partition coefficient (Wildman–Crippen LogP) is 6.79. The second-order valence-electron chi connectivity index (χ2n) is 25.4. The fraction of sp³-hybridized carbons (Fsp3) is 0.902. The second kappa shape index (κ2) is 26.1. The highest BCUT2D eigenvalue weighted by molar-refractivity contribution is 5.88. The first-order valence-corrected chi connectivity index (χ1v) is 30.2. The molecule has 0 amide bonds. The number of ketones is 1. The van der Waals surface area contributed by atoms with Gasteiger partial charge in [-0.1, -0.05) is 31.6 Å². The molecule has 20 nitrogen and oxygen atoms in total. The lowest BCUT2D eigenvalue weighted by Crippen LogP contribution is -2.66. The van der Waals surface area contributed by atoms with Gasteiger partial charge in [0.1, 0.15) is 42.4 Å². The van der Waals surface area contributed by atoms with Crippen LogP contribution >= 0.6 is 0 Å². The van der Waals surface area contributed by atoms with Crippen LogP contribution in [0.1, 0.15) is 146 Å². The van der Waals surface area contributed by atoms with Crippen molar-refractivity contribution >= 4 is 11.8 Å². The van der Waals surface area contributed by atoms with Crippen LogP contribution in [0.25, 0.3) is 0 Å². The van der Waals surface area contributed by atoms with Crippen molar-refractivity contribution in [3.8, 4) is 0 Å². The molecule has 81 heavy (non-hydrogen) atoms. The number of ether oxygens (including phenoxy) is 16. The van der Waals surface area contributed by atoms with E-state index in [4.69, 9.17) is 75.8 Å². The van der Waals surface area contributed by atoms with Gasteiger partial charge in [-0.3, -0.25) is 4.79 Å². The quantitative estimate of drug-likeness (QED) is 0.0819. The molecule has 5 heterocycles. The van der Waals surface area contributed by atoms with E-state index in [0.717, 1.165) is 19.3 Å². The molecule has 2 N–H and O–H groups in total. The Balaban J connectivity index is 0.763. The van der Waals surface area contributed by atoms with Gasteiger partial charge in [-0.2, -0.15) is 0 Å². The molecule has 4 aliphatic carbocycles. The van der Waals surface area contributed by atoms with Crippen LogP contribution in [0, 0.1) is 28.6 Å². The molecule has 20 heteroatoms. The number of carbonyl (C=O) groups is 2. The maximum absolute atomic E-state index is 13.4. The summed E-state index contributed by atoms with van der Waals surface area (Å²) in [6.07, 6.45) is 0.391. The minimum absolute atomic E-state index is 0.0391. The molecular formula is C61H98O20. The molecule has 8 fully saturated rings. The Bertz CT molecular complexity index is 2200.